The van der Waals surface area contributed by atoms with E-state index in [1.54, 1.807) is 25.1 Å². The summed E-state index contributed by atoms with van der Waals surface area (Å²) >= 11 is 0. The Kier molecular flexibility index (Phi) is 2.95. The van der Waals surface area contributed by atoms with E-state index in [1.807, 2.05) is 0 Å². The molecule has 0 aliphatic heterocycles. The van der Waals surface area contributed by atoms with Crippen molar-refractivity contribution in [1.82, 2.24) is 4.98 Å². The summed E-state index contributed by atoms with van der Waals surface area (Å²) in [5.41, 5.74) is 1.34. The third kappa shape index (κ3) is 2.20. The number of pyridine rings is 1. The Labute approximate surface area is 98.5 Å². The molecule has 0 unspecified atom stereocenters. The molecule has 3 nitrogen and oxygen atoms in total. The highest BCUT2D eigenvalue weighted by atomic mass is 19.1. The summed E-state index contributed by atoms with van der Waals surface area (Å²) in [6, 6.07) is 7.66. The van der Waals surface area contributed by atoms with Gasteiger partial charge in [0.1, 0.15) is 17.3 Å². The van der Waals surface area contributed by atoms with Crippen LogP contribution in [0.4, 0.5) is 4.39 Å². The maximum absolute atomic E-state index is 13.8. The molecule has 0 spiro atoms. The van der Waals surface area contributed by atoms with Crippen LogP contribution in [0.1, 0.15) is 5.69 Å². The van der Waals surface area contributed by atoms with Crippen molar-refractivity contribution < 1.29 is 14.2 Å². The molecule has 17 heavy (non-hydrogen) atoms. The van der Waals surface area contributed by atoms with Gasteiger partial charge in [0.05, 0.1) is 18.5 Å². The van der Waals surface area contributed by atoms with Gasteiger partial charge in [0.2, 0.25) is 0 Å². The molecule has 1 heterocycles. The fraction of sp³-hybridized carbons (Fsp3) is 0.154. The van der Waals surface area contributed by atoms with E-state index in [2.05, 4.69) is 4.98 Å². The fourth-order valence-corrected chi connectivity index (χ4v) is 1.53. The molecule has 0 aliphatic carbocycles. The lowest BCUT2D eigenvalue weighted by atomic mass is 10.1. The SMILES string of the molecule is COc1ccc(-c2ccc(O)c(C)n2)c(F)c1. The van der Waals surface area contributed by atoms with E-state index in [0.29, 0.717) is 22.7 Å². The monoisotopic (exact) mass is 233 g/mol. The van der Waals surface area contributed by atoms with Gasteiger partial charge in [-0.2, -0.15) is 0 Å². The van der Waals surface area contributed by atoms with E-state index in [1.165, 1.54) is 19.2 Å². The largest absolute Gasteiger partial charge is 0.506 e. The Morgan fingerprint density at radius 3 is 2.59 bits per heavy atom. The number of ether oxygens (including phenoxy) is 1. The number of aromatic hydroxyl groups is 1. The molecule has 0 saturated heterocycles. The van der Waals surface area contributed by atoms with Crippen molar-refractivity contribution in [2.24, 2.45) is 0 Å². The normalized spacial score (nSPS) is 10.3. The van der Waals surface area contributed by atoms with Crippen LogP contribution in [-0.2, 0) is 0 Å². The molecule has 2 aromatic rings. The van der Waals surface area contributed by atoms with Crippen molar-refractivity contribution in [2.75, 3.05) is 7.11 Å². The van der Waals surface area contributed by atoms with Crippen LogP contribution in [0.25, 0.3) is 11.3 Å². The summed E-state index contributed by atoms with van der Waals surface area (Å²) in [7, 11) is 1.48. The summed E-state index contributed by atoms with van der Waals surface area (Å²) in [5, 5.41) is 9.37. The number of hydrogen-bond donors (Lipinski definition) is 1. The number of nitrogens with zero attached hydrogens (tertiary/aromatic N) is 1. The molecule has 1 N–H and O–H groups in total. The number of hydrogen-bond acceptors (Lipinski definition) is 3. The fourth-order valence-electron chi connectivity index (χ4n) is 1.53. The van der Waals surface area contributed by atoms with E-state index >= 15 is 0 Å². The maximum atomic E-state index is 13.8. The van der Waals surface area contributed by atoms with Crippen molar-refractivity contribution in [3.63, 3.8) is 0 Å². The minimum Gasteiger partial charge on any atom is -0.506 e. The van der Waals surface area contributed by atoms with Crippen LogP contribution >= 0.6 is 0 Å². The Bertz CT molecular complexity index is 555. The van der Waals surface area contributed by atoms with Gasteiger partial charge >= 0.3 is 0 Å². The average Bonchev–Trinajstić information content (AvgIpc) is 2.32. The zero-order chi connectivity index (χ0) is 12.4. The topological polar surface area (TPSA) is 42.4 Å². The van der Waals surface area contributed by atoms with E-state index in [9.17, 15) is 9.50 Å². The highest BCUT2D eigenvalue weighted by molar-refractivity contribution is 5.62. The van der Waals surface area contributed by atoms with Gasteiger partial charge in [0, 0.05) is 11.6 Å². The molecule has 0 bridgehead atoms. The zero-order valence-electron chi connectivity index (χ0n) is 9.57. The predicted octanol–water partition coefficient (Wildman–Crippen LogP) is 2.91. The lowest BCUT2D eigenvalue weighted by Crippen LogP contribution is -1.92. The average molecular weight is 233 g/mol. The summed E-state index contributed by atoms with van der Waals surface area (Å²) in [6.45, 7) is 1.67. The lowest BCUT2D eigenvalue weighted by Gasteiger charge is -2.06. The highest BCUT2D eigenvalue weighted by Crippen LogP contribution is 2.26. The van der Waals surface area contributed by atoms with E-state index in [-0.39, 0.29) is 5.75 Å². The molecule has 0 saturated carbocycles. The summed E-state index contributed by atoms with van der Waals surface area (Å²) < 4.78 is 18.7. The van der Waals surface area contributed by atoms with Gasteiger partial charge in [-0.25, -0.2) is 9.37 Å². The summed E-state index contributed by atoms with van der Waals surface area (Å²) in [4.78, 5) is 4.13. The van der Waals surface area contributed by atoms with Crippen LogP contribution in [0.2, 0.25) is 0 Å². The highest BCUT2D eigenvalue weighted by Gasteiger charge is 2.09. The van der Waals surface area contributed by atoms with Gasteiger partial charge in [0.15, 0.2) is 0 Å². The third-order valence-electron chi connectivity index (χ3n) is 2.51. The van der Waals surface area contributed by atoms with E-state index in [4.69, 9.17) is 4.74 Å². The number of aryl methyl sites for hydroxylation is 1. The van der Waals surface area contributed by atoms with Crippen LogP contribution in [0, 0.1) is 12.7 Å². The first-order chi connectivity index (χ1) is 8.11. The van der Waals surface area contributed by atoms with Crippen molar-refractivity contribution in [3.05, 3.63) is 41.8 Å². The second kappa shape index (κ2) is 4.41. The van der Waals surface area contributed by atoms with Crippen molar-refractivity contribution in [2.45, 2.75) is 6.92 Å². The molecular weight excluding hydrogens is 221 g/mol. The minimum atomic E-state index is -0.401. The number of methoxy groups -OCH3 is 1. The first kappa shape index (κ1) is 11.4. The summed E-state index contributed by atoms with van der Waals surface area (Å²) in [5.74, 6) is 0.159. The molecule has 2 rings (SSSR count). The molecular formula is C13H12FNO2. The number of rotatable bonds is 2. The van der Waals surface area contributed by atoms with Gasteiger partial charge in [0.25, 0.3) is 0 Å². The second-order valence-electron chi connectivity index (χ2n) is 3.65. The van der Waals surface area contributed by atoms with Gasteiger partial charge in [-0.05, 0) is 31.2 Å². The molecule has 88 valence electrons. The summed E-state index contributed by atoms with van der Waals surface area (Å²) in [6.07, 6.45) is 0. The van der Waals surface area contributed by atoms with Gasteiger partial charge in [-0.1, -0.05) is 0 Å². The molecule has 0 aliphatic rings. The van der Waals surface area contributed by atoms with Crippen LogP contribution in [0.5, 0.6) is 11.5 Å². The van der Waals surface area contributed by atoms with Gasteiger partial charge in [-0.3, -0.25) is 0 Å². The van der Waals surface area contributed by atoms with Gasteiger partial charge in [-0.15, -0.1) is 0 Å². The second-order valence-corrected chi connectivity index (χ2v) is 3.65. The Hall–Kier alpha value is -2.10. The van der Waals surface area contributed by atoms with Crippen LogP contribution in [-0.4, -0.2) is 17.2 Å². The Balaban J connectivity index is 2.49. The first-order valence-corrected chi connectivity index (χ1v) is 5.12. The molecule has 0 atom stereocenters. The number of aromatic nitrogens is 1. The maximum Gasteiger partial charge on any atom is 0.136 e. The van der Waals surface area contributed by atoms with Crippen LogP contribution in [0.3, 0.4) is 0 Å². The number of halogens is 1. The lowest BCUT2D eigenvalue weighted by molar-refractivity contribution is 0.411. The molecule has 1 aromatic carbocycles. The Morgan fingerprint density at radius 2 is 2.00 bits per heavy atom. The van der Waals surface area contributed by atoms with Crippen molar-refractivity contribution >= 4 is 0 Å². The van der Waals surface area contributed by atoms with Crippen molar-refractivity contribution in [3.8, 4) is 22.8 Å². The third-order valence-corrected chi connectivity index (χ3v) is 2.51. The van der Waals surface area contributed by atoms with Gasteiger partial charge < -0.3 is 9.84 Å². The quantitative estimate of drug-likeness (QED) is 0.867. The predicted molar refractivity (Wildman–Crippen MR) is 62.6 cm³/mol. The van der Waals surface area contributed by atoms with Crippen LogP contribution in [0.15, 0.2) is 30.3 Å². The van der Waals surface area contributed by atoms with Crippen molar-refractivity contribution in [1.29, 1.82) is 0 Å². The zero-order valence-corrected chi connectivity index (χ0v) is 9.57. The molecule has 4 heteroatoms. The molecule has 1 aromatic heterocycles. The molecule has 0 amide bonds. The van der Waals surface area contributed by atoms with E-state index in [0.717, 1.165) is 0 Å². The smallest absolute Gasteiger partial charge is 0.136 e. The molecule has 0 fully saturated rings. The first-order valence-electron chi connectivity index (χ1n) is 5.12. The minimum absolute atomic E-state index is 0.0997. The Morgan fingerprint density at radius 1 is 1.24 bits per heavy atom. The standard InChI is InChI=1S/C13H12FNO2/c1-8-13(16)6-5-12(15-8)10-4-3-9(17-2)7-11(10)14/h3-7,16H,1-2H3. The van der Waals surface area contributed by atoms with E-state index < -0.39 is 5.82 Å². The van der Waals surface area contributed by atoms with Crippen LogP contribution < -0.4 is 4.74 Å². The molecule has 0 radical (unpaired) electrons. The number of benzene rings is 1.